The third-order valence-corrected chi connectivity index (χ3v) is 3.28. The number of Topliss-reactive ketones (excluding diaryl/α,β-unsaturated/α-hetero) is 1. The predicted octanol–water partition coefficient (Wildman–Crippen LogP) is 3.91. The van der Waals surface area contributed by atoms with Gasteiger partial charge in [-0.1, -0.05) is 23.7 Å². The Labute approximate surface area is 141 Å². The smallest absolute Gasteiger partial charge is 0.387 e. The minimum absolute atomic E-state index is 0.0195. The minimum atomic E-state index is -2.93. The summed E-state index contributed by atoms with van der Waals surface area (Å²) in [6, 6.07) is 11.8. The van der Waals surface area contributed by atoms with E-state index in [2.05, 4.69) is 4.74 Å². The van der Waals surface area contributed by atoms with Gasteiger partial charge in [0.05, 0.1) is 6.42 Å². The molecule has 0 amide bonds. The second-order valence-corrected chi connectivity index (χ2v) is 5.23. The third kappa shape index (κ3) is 5.62. The molecule has 2 aromatic carbocycles. The summed E-state index contributed by atoms with van der Waals surface area (Å²) in [4.78, 5) is 23.6. The van der Waals surface area contributed by atoms with Gasteiger partial charge in [-0.25, -0.2) is 0 Å². The number of ether oxygens (including phenoxy) is 2. The molecule has 24 heavy (non-hydrogen) atoms. The van der Waals surface area contributed by atoms with Crippen molar-refractivity contribution in [3.63, 3.8) is 0 Å². The Bertz CT molecular complexity index is 700. The number of rotatable bonds is 7. The van der Waals surface area contributed by atoms with Gasteiger partial charge >= 0.3 is 12.6 Å². The molecule has 0 bridgehead atoms. The fraction of sp³-hybridized carbons (Fsp3) is 0.176. The Morgan fingerprint density at radius 2 is 1.62 bits per heavy atom. The lowest BCUT2D eigenvalue weighted by Crippen LogP contribution is -2.15. The zero-order chi connectivity index (χ0) is 17.5. The van der Waals surface area contributed by atoms with Crippen molar-refractivity contribution in [1.82, 2.24) is 0 Å². The van der Waals surface area contributed by atoms with Crippen molar-refractivity contribution in [3.8, 4) is 5.75 Å². The molecule has 0 N–H and O–H groups in total. The quantitative estimate of drug-likeness (QED) is 0.559. The van der Waals surface area contributed by atoms with Crippen LogP contribution in [0.1, 0.15) is 15.9 Å². The topological polar surface area (TPSA) is 52.6 Å². The average Bonchev–Trinajstić information content (AvgIpc) is 2.55. The van der Waals surface area contributed by atoms with E-state index in [0.717, 1.165) is 0 Å². The van der Waals surface area contributed by atoms with Crippen LogP contribution in [0.25, 0.3) is 0 Å². The molecule has 0 aliphatic rings. The van der Waals surface area contributed by atoms with Gasteiger partial charge in [-0.15, -0.1) is 0 Å². The van der Waals surface area contributed by atoms with Crippen molar-refractivity contribution in [2.45, 2.75) is 13.0 Å². The number of carbonyl (C=O) groups is 2. The normalized spacial score (nSPS) is 10.5. The van der Waals surface area contributed by atoms with Crippen LogP contribution < -0.4 is 4.74 Å². The molecular formula is C17H13ClF2O4. The zero-order valence-corrected chi connectivity index (χ0v) is 13.1. The molecule has 0 aromatic heterocycles. The summed E-state index contributed by atoms with van der Waals surface area (Å²) in [5.74, 6) is -1.05. The molecule has 7 heteroatoms. The summed E-state index contributed by atoms with van der Waals surface area (Å²) in [5, 5.41) is 0.557. The number of hydrogen-bond acceptors (Lipinski definition) is 4. The van der Waals surface area contributed by atoms with Gasteiger partial charge in [0.2, 0.25) is 0 Å². The van der Waals surface area contributed by atoms with Crippen LogP contribution >= 0.6 is 11.6 Å². The Morgan fingerprint density at radius 1 is 1.00 bits per heavy atom. The van der Waals surface area contributed by atoms with E-state index in [9.17, 15) is 18.4 Å². The lowest BCUT2D eigenvalue weighted by molar-refractivity contribution is -0.141. The van der Waals surface area contributed by atoms with Gasteiger partial charge in [-0.05, 0) is 42.0 Å². The fourth-order valence-electron chi connectivity index (χ4n) is 1.87. The fourth-order valence-corrected chi connectivity index (χ4v) is 2.00. The standard InChI is InChI=1S/C17H13ClF2O4/c18-13-5-1-11(2-6-13)9-16(22)23-10-15(21)12-3-7-14(8-4-12)24-17(19)20/h1-8,17H,9-10H2. The second-order valence-electron chi connectivity index (χ2n) is 4.79. The number of halogens is 3. The summed E-state index contributed by atoms with van der Waals surface area (Å²) in [6.07, 6.45) is 0.0195. The van der Waals surface area contributed by atoms with Crippen molar-refractivity contribution >= 4 is 23.4 Å². The molecule has 2 rings (SSSR count). The number of hydrogen-bond donors (Lipinski definition) is 0. The number of ketones is 1. The maximum absolute atomic E-state index is 12.0. The SMILES string of the molecule is O=C(Cc1ccc(Cl)cc1)OCC(=O)c1ccc(OC(F)F)cc1. The molecule has 0 saturated carbocycles. The molecule has 0 radical (unpaired) electrons. The molecule has 0 aliphatic heterocycles. The van der Waals surface area contributed by atoms with Gasteiger partial charge in [0, 0.05) is 10.6 Å². The van der Waals surface area contributed by atoms with E-state index in [0.29, 0.717) is 10.6 Å². The van der Waals surface area contributed by atoms with E-state index in [1.165, 1.54) is 24.3 Å². The van der Waals surface area contributed by atoms with E-state index in [1.807, 2.05) is 0 Å². The molecular weight excluding hydrogens is 342 g/mol. The van der Waals surface area contributed by atoms with Crippen LogP contribution in [0.2, 0.25) is 5.02 Å². The molecule has 126 valence electrons. The van der Waals surface area contributed by atoms with Crippen molar-refractivity contribution in [1.29, 1.82) is 0 Å². The highest BCUT2D eigenvalue weighted by Gasteiger charge is 2.11. The Balaban J connectivity index is 1.83. The van der Waals surface area contributed by atoms with E-state index < -0.39 is 25.0 Å². The maximum Gasteiger partial charge on any atom is 0.387 e. The third-order valence-electron chi connectivity index (χ3n) is 3.03. The van der Waals surface area contributed by atoms with Gasteiger partial charge in [0.15, 0.2) is 12.4 Å². The molecule has 4 nitrogen and oxygen atoms in total. The minimum Gasteiger partial charge on any atom is -0.457 e. The van der Waals surface area contributed by atoms with Crippen LogP contribution in [0.5, 0.6) is 5.75 Å². The monoisotopic (exact) mass is 354 g/mol. The Hall–Kier alpha value is -2.47. The molecule has 0 heterocycles. The molecule has 0 spiro atoms. The highest BCUT2D eigenvalue weighted by molar-refractivity contribution is 6.30. The van der Waals surface area contributed by atoms with Crippen LogP contribution in [-0.4, -0.2) is 25.0 Å². The van der Waals surface area contributed by atoms with Crippen molar-refractivity contribution in [2.75, 3.05) is 6.61 Å². The van der Waals surface area contributed by atoms with E-state index in [4.69, 9.17) is 16.3 Å². The number of alkyl halides is 2. The zero-order valence-electron chi connectivity index (χ0n) is 12.4. The second kappa shape index (κ2) is 8.40. The Morgan fingerprint density at radius 3 is 2.21 bits per heavy atom. The first-order valence-corrected chi connectivity index (χ1v) is 7.30. The van der Waals surface area contributed by atoms with Gasteiger partial charge in [0.25, 0.3) is 0 Å². The van der Waals surface area contributed by atoms with Gasteiger partial charge in [-0.3, -0.25) is 9.59 Å². The van der Waals surface area contributed by atoms with Crippen LogP contribution in [0.15, 0.2) is 48.5 Å². The van der Waals surface area contributed by atoms with E-state index in [1.54, 1.807) is 24.3 Å². The van der Waals surface area contributed by atoms with Gasteiger partial charge < -0.3 is 9.47 Å². The largest absolute Gasteiger partial charge is 0.457 e. The Kier molecular flexibility index (Phi) is 6.26. The first-order valence-electron chi connectivity index (χ1n) is 6.92. The molecule has 0 unspecified atom stereocenters. The first-order chi connectivity index (χ1) is 11.4. The van der Waals surface area contributed by atoms with Gasteiger partial charge in [-0.2, -0.15) is 8.78 Å². The average molecular weight is 355 g/mol. The van der Waals surface area contributed by atoms with Gasteiger partial charge in [0.1, 0.15) is 5.75 Å². The molecule has 0 aliphatic carbocycles. The summed E-state index contributed by atoms with van der Waals surface area (Å²) in [7, 11) is 0. The van der Waals surface area contributed by atoms with Crippen molar-refractivity contribution in [2.24, 2.45) is 0 Å². The number of carbonyl (C=O) groups excluding carboxylic acids is 2. The van der Waals surface area contributed by atoms with Crippen LogP contribution in [0.4, 0.5) is 8.78 Å². The van der Waals surface area contributed by atoms with Crippen molar-refractivity contribution in [3.05, 3.63) is 64.7 Å². The molecule has 2 aromatic rings. The highest BCUT2D eigenvalue weighted by Crippen LogP contribution is 2.15. The van der Waals surface area contributed by atoms with Crippen molar-refractivity contribution < 1.29 is 27.8 Å². The molecule has 0 atom stereocenters. The lowest BCUT2D eigenvalue weighted by atomic mass is 10.1. The lowest BCUT2D eigenvalue weighted by Gasteiger charge is -2.06. The summed E-state index contributed by atoms with van der Waals surface area (Å²) >= 11 is 5.75. The summed E-state index contributed by atoms with van der Waals surface area (Å²) < 4.78 is 33.2. The van der Waals surface area contributed by atoms with Crippen LogP contribution in [-0.2, 0) is 16.0 Å². The highest BCUT2D eigenvalue weighted by atomic mass is 35.5. The van der Waals surface area contributed by atoms with Crippen LogP contribution in [0.3, 0.4) is 0 Å². The summed E-state index contributed by atoms with van der Waals surface area (Å²) in [5.41, 5.74) is 0.946. The first kappa shape index (κ1) is 17.9. The predicted molar refractivity (Wildman–Crippen MR) is 83.5 cm³/mol. The number of benzene rings is 2. The van der Waals surface area contributed by atoms with E-state index in [-0.39, 0.29) is 17.7 Å². The number of esters is 1. The molecule has 0 saturated heterocycles. The summed E-state index contributed by atoms with van der Waals surface area (Å²) in [6.45, 7) is -3.36. The molecule has 0 fully saturated rings. The van der Waals surface area contributed by atoms with E-state index >= 15 is 0 Å². The van der Waals surface area contributed by atoms with Crippen LogP contribution in [0, 0.1) is 0 Å². The maximum atomic E-state index is 12.0.